The first-order valence-electron chi connectivity index (χ1n) is 10.3. The second-order valence-electron chi connectivity index (χ2n) is 7.75. The van der Waals surface area contributed by atoms with Crippen molar-refractivity contribution in [2.75, 3.05) is 37.5 Å². The van der Waals surface area contributed by atoms with Gasteiger partial charge in [0.25, 0.3) is 5.91 Å². The summed E-state index contributed by atoms with van der Waals surface area (Å²) < 4.78 is 5.41. The van der Waals surface area contributed by atoms with E-state index in [1.54, 1.807) is 6.07 Å². The van der Waals surface area contributed by atoms with Crippen molar-refractivity contribution in [3.63, 3.8) is 0 Å². The lowest BCUT2D eigenvalue weighted by Crippen LogP contribution is -2.36. The van der Waals surface area contributed by atoms with Gasteiger partial charge in [-0.15, -0.1) is 11.8 Å². The van der Waals surface area contributed by atoms with Crippen LogP contribution in [0.4, 0.5) is 5.69 Å². The molecular weight excluding hydrogens is 396 g/mol. The highest BCUT2D eigenvalue weighted by molar-refractivity contribution is 7.98. The normalized spacial score (nSPS) is 17.3. The molecule has 6 nitrogen and oxygen atoms in total. The summed E-state index contributed by atoms with van der Waals surface area (Å²) in [5, 5.41) is 13.3. The van der Waals surface area contributed by atoms with Crippen LogP contribution in [0.25, 0.3) is 0 Å². The van der Waals surface area contributed by atoms with Gasteiger partial charge in [-0.3, -0.25) is 4.79 Å². The monoisotopic (exact) mass is 422 g/mol. The van der Waals surface area contributed by atoms with Crippen LogP contribution < -0.4 is 10.2 Å². The number of pyridine rings is 1. The standard InChI is InChI=1S/C23H26N4O2S/c1-15(16-5-7-18(8-6-16)27-9-11-29-12-10-27)25-22(28)19-13-21(17-3-4-17)26-23(30-2)20(19)14-24/h5-8,13,15,17H,3-4,9-12H2,1-2H3,(H,25,28). The Morgan fingerprint density at radius 1 is 1.30 bits per heavy atom. The van der Waals surface area contributed by atoms with Gasteiger partial charge in [-0.1, -0.05) is 12.1 Å². The van der Waals surface area contributed by atoms with E-state index in [1.165, 1.54) is 17.4 Å². The fraction of sp³-hybridized carbons (Fsp3) is 0.435. The van der Waals surface area contributed by atoms with Gasteiger partial charge in [-0.05, 0) is 49.8 Å². The van der Waals surface area contributed by atoms with Gasteiger partial charge < -0.3 is 15.0 Å². The highest BCUT2D eigenvalue weighted by atomic mass is 32.2. The van der Waals surface area contributed by atoms with Crippen molar-refractivity contribution in [1.82, 2.24) is 10.3 Å². The lowest BCUT2D eigenvalue weighted by Gasteiger charge is -2.29. The molecule has 156 valence electrons. The number of ether oxygens (including phenoxy) is 1. The zero-order valence-corrected chi connectivity index (χ0v) is 18.2. The Balaban J connectivity index is 1.50. The van der Waals surface area contributed by atoms with Crippen molar-refractivity contribution in [1.29, 1.82) is 5.26 Å². The summed E-state index contributed by atoms with van der Waals surface area (Å²) in [6.07, 6.45) is 4.08. The van der Waals surface area contributed by atoms with Crippen LogP contribution in [0, 0.1) is 11.3 Å². The molecule has 1 unspecified atom stereocenters. The van der Waals surface area contributed by atoms with Gasteiger partial charge in [0.05, 0.1) is 30.4 Å². The average Bonchev–Trinajstić information content (AvgIpc) is 3.64. The van der Waals surface area contributed by atoms with Gasteiger partial charge in [0, 0.05) is 30.4 Å². The van der Waals surface area contributed by atoms with Crippen LogP contribution >= 0.6 is 11.8 Å². The van der Waals surface area contributed by atoms with Gasteiger partial charge in [0.1, 0.15) is 11.1 Å². The maximum atomic E-state index is 13.1. The van der Waals surface area contributed by atoms with Crippen LogP contribution in [0.15, 0.2) is 35.4 Å². The van der Waals surface area contributed by atoms with Crippen LogP contribution in [0.2, 0.25) is 0 Å². The zero-order chi connectivity index (χ0) is 21.1. The van der Waals surface area contributed by atoms with E-state index in [1.807, 2.05) is 13.2 Å². The van der Waals surface area contributed by atoms with Gasteiger partial charge in [0.15, 0.2) is 0 Å². The Labute approximate surface area is 181 Å². The number of morpholine rings is 1. The molecule has 1 aliphatic carbocycles. The predicted molar refractivity (Wildman–Crippen MR) is 118 cm³/mol. The molecule has 1 aromatic carbocycles. The summed E-state index contributed by atoms with van der Waals surface area (Å²) in [7, 11) is 0. The Hall–Kier alpha value is -2.56. The maximum absolute atomic E-state index is 13.1. The largest absolute Gasteiger partial charge is 0.378 e. The molecule has 7 heteroatoms. The number of aromatic nitrogens is 1. The summed E-state index contributed by atoms with van der Waals surface area (Å²) >= 11 is 1.41. The van der Waals surface area contributed by atoms with E-state index in [2.05, 4.69) is 45.5 Å². The molecule has 1 aromatic heterocycles. The number of benzene rings is 1. The van der Waals surface area contributed by atoms with E-state index in [0.717, 1.165) is 50.4 Å². The third kappa shape index (κ3) is 4.45. The van der Waals surface area contributed by atoms with E-state index in [0.29, 0.717) is 22.1 Å². The maximum Gasteiger partial charge on any atom is 0.253 e. The van der Waals surface area contributed by atoms with Crippen LogP contribution in [0.5, 0.6) is 0 Å². The minimum absolute atomic E-state index is 0.168. The fourth-order valence-electron chi connectivity index (χ4n) is 3.72. The quantitative estimate of drug-likeness (QED) is 0.712. The molecule has 2 heterocycles. The third-order valence-electron chi connectivity index (χ3n) is 5.67. The molecular formula is C23H26N4O2S. The highest BCUT2D eigenvalue weighted by Gasteiger charge is 2.28. The van der Waals surface area contributed by atoms with E-state index in [-0.39, 0.29) is 11.9 Å². The van der Waals surface area contributed by atoms with Gasteiger partial charge in [0.2, 0.25) is 0 Å². The lowest BCUT2D eigenvalue weighted by molar-refractivity contribution is 0.0939. The van der Waals surface area contributed by atoms with E-state index in [4.69, 9.17) is 4.74 Å². The number of anilines is 1. The number of hydrogen-bond acceptors (Lipinski definition) is 6. The molecule has 1 saturated heterocycles. The van der Waals surface area contributed by atoms with Crippen molar-refractivity contribution in [3.05, 3.63) is 52.7 Å². The second kappa shape index (κ2) is 9.07. The zero-order valence-electron chi connectivity index (χ0n) is 17.4. The third-order valence-corrected chi connectivity index (χ3v) is 6.35. The second-order valence-corrected chi connectivity index (χ2v) is 8.55. The number of nitrogens with one attached hydrogen (secondary N) is 1. The molecule has 1 atom stereocenters. The number of thioether (sulfide) groups is 1. The first-order valence-corrected chi connectivity index (χ1v) is 11.6. The molecule has 0 radical (unpaired) electrons. The number of nitrogens with zero attached hydrogens (tertiary/aromatic N) is 3. The van der Waals surface area contributed by atoms with Crippen LogP contribution in [-0.4, -0.2) is 43.5 Å². The molecule has 1 N–H and O–H groups in total. The molecule has 1 aliphatic heterocycles. The van der Waals surface area contributed by atoms with Gasteiger partial charge in [-0.2, -0.15) is 5.26 Å². The smallest absolute Gasteiger partial charge is 0.253 e. The number of amides is 1. The average molecular weight is 423 g/mol. The van der Waals surface area contributed by atoms with Crippen molar-refractivity contribution in [3.8, 4) is 6.07 Å². The molecule has 2 aromatic rings. The number of rotatable bonds is 6. The molecule has 1 saturated carbocycles. The first-order chi connectivity index (χ1) is 14.6. The van der Waals surface area contributed by atoms with Crippen molar-refractivity contribution < 1.29 is 9.53 Å². The summed E-state index contributed by atoms with van der Waals surface area (Å²) in [5.74, 6) is 0.191. The summed E-state index contributed by atoms with van der Waals surface area (Å²) in [6, 6.07) is 12.1. The molecule has 30 heavy (non-hydrogen) atoms. The Morgan fingerprint density at radius 2 is 2.00 bits per heavy atom. The van der Waals surface area contributed by atoms with E-state index < -0.39 is 0 Å². The van der Waals surface area contributed by atoms with Crippen molar-refractivity contribution in [2.24, 2.45) is 0 Å². The van der Waals surface area contributed by atoms with E-state index in [9.17, 15) is 10.1 Å². The molecule has 1 amide bonds. The van der Waals surface area contributed by atoms with E-state index >= 15 is 0 Å². The predicted octanol–water partition coefficient (Wildman–Crippen LogP) is 3.88. The molecule has 0 spiro atoms. The van der Waals surface area contributed by atoms with Crippen molar-refractivity contribution >= 4 is 23.4 Å². The van der Waals surface area contributed by atoms with Crippen LogP contribution in [0.3, 0.4) is 0 Å². The Morgan fingerprint density at radius 3 is 2.60 bits per heavy atom. The molecule has 4 rings (SSSR count). The number of hydrogen-bond donors (Lipinski definition) is 1. The lowest BCUT2D eigenvalue weighted by atomic mass is 10.0. The SMILES string of the molecule is CSc1nc(C2CC2)cc(C(=O)NC(C)c2ccc(N3CCOCC3)cc2)c1C#N. The molecule has 0 bridgehead atoms. The number of carbonyl (C=O) groups excluding carboxylic acids is 1. The van der Waals surface area contributed by atoms with Gasteiger partial charge >= 0.3 is 0 Å². The number of carbonyl (C=O) groups is 1. The van der Waals surface area contributed by atoms with Crippen LogP contribution in [-0.2, 0) is 4.74 Å². The summed E-state index contributed by atoms with van der Waals surface area (Å²) in [6.45, 7) is 5.26. The molecule has 2 fully saturated rings. The minimum atomic E-state index is -0.226. The molecule has 2 aliphatic rings. The van der Waals surface area contributed by atoms with Gasteiger partial charge in [-0.25, -0.2) is 4.98 Å². The topological polar surface area (TPSA) is 78.2 Å². The first kappa shape index (κ1) is 20.7. The Bertz CT molecular complexity index is 960. The van der Waals surface area contributed by atoms with Crippen molar-refractivity contribution in [2.45, 2.75) is 36.8 Å². The van der Waals surface area contributed by atoms with Crippen LogP contribution in [0.1, 0.15) is 58.9 Å². The highest BCUT2D eigenvalue weighted by Crippen LogP contribution is 2.40. The Kier molecular flexibility index (Phi) is 6.26. The number of nitriles is 1. The summed E-state index contributed by atoms with van der Waals surface area (Å²) in [4.78, 5) is 20.0. The summed E-state index contributed by atoms with van der Waals surface area (Å²) in [5.41, 5.74) is 3.90. The fourth-order valence-corrected chi connectivity index (χ4v) is 4.27. The minimum Gasteiger partial charge on any atom is -0.378 e.